The highest BCUT2D eigenvalue weighted by atomic mass is 79.9. The Kier molecular flexibility index (Phi) is 3.69. The van der Waals surface area contributed by atoms with Crippen molar-refractivity contribution >= 4 is 33.3 Å². The van der Waals surface area contributed by atoms with E-state index < -0.39 is 0 Å². The van der Waals surface area contributed by atoms with Crippen molar-refractivity contribution in [2.45, 2.75) is 13.3 Å². The van der Waals surface area contributed by atoms with E-state index in [9.17, 15) is 4.79 Å². The number of furan rings is 1. The molecule has 2 nitrogen and oxygen atoms in total. The van der Waals surface area contributed by atoms with Crippen LogP contribution in [0.4, 0.5) is 0 Å². The molecule has 17 heavy (non-hydrogen) atoms. The number of carbonyl (C=O) groups is 1. The minimum atomic E-state index is -0.0172. The lowest BCUT2D eigenvalue weighted by Crippen LogP contribution is -2.03. The highest BCUT2D eigenvalue weighted by Crippen LogP contribution is 2.23. The third kappa shape index (κ3) is 2.79. The molecule has 0 spiro atoms. The van der Waals surface area contributed by atoms with Gasteiger partial charge < -0.3 is 4.42 Å². The summed E-state index contributed by atoms with van der Waals surface area (Å²) in [4.78, 5) is 12.0. The number of hydrogen-bond donors (Lipinski definition) is 0. The van der Waals surface area contributed by atoms with Crippen molar-refractivity contribution in [1.29, 1.82) is 0 Å². The standard InChI is InChI=1S/C13H10BrClO2/c1-8-2-3-9(11(15)6-8)7-12(16)10-4-5-17-13(10)14/h2-6H,7H2,1H3. The Hall–Kier alpha value is -1.06. The van der Waals surface area contributed by atoms with E-state index in [4.69, 9.17) is 16.0 Å². The summed E-state index contributed by atoms with van der Waals surface area (Å²) in [5.41, 5.74) is 2.45. The number of carbonyl (C=O) groups excluding carboxylic acids is 1. The molecule has 0 saturated carbocycles. The number of benzene rings is 1. The molecule has 0 aliphatic carbocycles. The number of ketones is 1. The molecule has 0 N–H and O–H groups in total. The van der Waals surface area contributed by atoms with Crippen LogP contribution < -0.4 is 0 Å². The molecule has 0 bridgehead atoms. The Morgan fingerprint density at radius 3 is 2.76 bits per heavy atom. The number of halogens is 2. The van der Waals surface area contributed by atoms with Crippen LogP contribution in [0.5, 0.6) is 0 Å². The molecule has 0 atom stereocenters. The van der Waals surface area contributed by atoms with E-state index in [-0.39, 0.29) is 12.2 Å². The summed E-state index contributed by atoms with van der Waals surface area (Å²) < 4.78 is 5.50. The summed E-state index contributed by atoms with van der Waals surface area (Å²) in [6.45, 7) is 1.96. The molecule has 0 radical (unpaired) electrons. The molecule has 0 aliphatic heterocycles. The van der Waals surface area contributed by atoms with Crippen molar-refractivity contribution in [1.82, 2.24) is 0 Å². The van der Waals surface area contributed by atoms with E-state index in [2.05, 4.69) is 15.9 Å². The van der Waals surface area contributed by atoms with E-state index in [0.717, 1.165) is 11.1 Å². The highest BCUT2D eigenvalue weighted by molar-refractivity contribution is 9.10. The molecular formula is C13H10BrClO2. The molecule has 0 saturated heterocycles. The molecule has 0 unspecified atom stereocenters. The molecule has 0 aliphatic rings. The van der Waals surface area contributed by atoms with Crippen molar-refractivity contribution in [3.05, 3.63) is 56.9 Å². The first kappa shape index (κ1) is 12.4. The maximum atomic E-state index is 12.0. The Balaban J connectivity index is 2.22. The van der Waals surface area contributed by atoms with Gasteiger partial charge in [0, 0.05) is 11.4 Å². The summed E-state index contributed by atoms with van der Waals surface area (Å²) in [6, 6.07) is 7.32. The van der Waals surface area contributed by atoms with Gasteiger partial charge in [0.15, 0.2) is 10.5 Å². The van der Waals surface area contributed by atoms with Crippen molar-refractivity contribution in [3.8, 4) is 0 Å². The van der Waals surface area contributed by atoms with Gasteiger partial charge in [-0.1, -0.05) is 23.7 Å². The van der Waals surface area contributed by atoms with Crippen molar-refractivity contribution in [2.24, 2.45) is 0 Å². The van der Waals surface area contributed by atoms with E-state index in [0.29, 0.717) is 15.3 Å². The van der Waals surface area contributed by atoms with Crippen LogP contribution in [0.15, 0.2) is 39.6 Å². The number of aryl methyl sites for hydroxylation is 1. The van der Waals surface area contributed by atoms with Crippen molar-refractivity contribution in [2.75, 3.05) is 0 Å². The molecule has 1 aromatic carbocycles. The summed E-state index contributed by atoms with van der Waals surface area (Å²) in [7, 11) is 0. The SMILES string of the molecule is Cc1ccc(CC(=O)c2ccoc2Br)c(Cl)c1. The Morgan fingerprint density at radius 2 is 2.18 bits per heavy atom. The molecule has 88 valence electrons. The van der Waals surface area contributed by atoms with Crippen LogP contribution >= 0.6 is 27.5 Å². The fourth-order valence-corrected chi connectivity index (χ4v) is 2.32. The number of Topliss-reactive ketones (excluding diaryl/α,β-unsaturated/α-hetero) is 1. The number of hydrogen-bond acceptors (Lipinski definition) is 2. The zero-order valence-electron chi connectivity index (χ0n) is 9.17. The number of rotatable bonds is 3. The Bertz CT molecular complexity index is 560. The first-order valence-electron chi connectivity index (χ1n) is 5.09. The lowest BCUT2D eigenvalue weighted by molar-refractivity contribution is 0.0991. The van der Waals surface area contributed by atoms with Gasteiger partial charge in [0.2, 0.25) is 0 Å². The van der Waals surface area contributed by atoms with Gasteiger partial charge in [0.05, 0.1) is 11.8 Å². The van der Waals surface area contributed by atoms with Gasteiger partial charge in [0.25, 0.3) is 0 Å². The average Bonchev–Trinajstić information content (AvgIpc) is 2.68. The summed E-state index contributed by atoms with van der Waals surface area (Å²) in [5, 5.41) is 0.623. The van der Waals surface area contributed by atoms with E-state index >= 15 is 0 Å². The van der Waals surface area contributed by atoms with Gasteiger partial charge in [-0.2, -0.15) is 0 Å². The van der Waals surface area contributed by atoms with Crippen LogP contribution in [0.1, 0.15) is 21.5 Å². The minimum absolute atomic E-state index is 0.0172. The lowest BCUT2D eigenvalue weighted by Gasteiger charge is -2.04. The summed E-state index contributed by atoms with van der Waals surface area (Å²) in [5.74, 6) is -0.0172. The van der Waals surface area contributed by atoms with Crippen LogP contribution in [0.25, 0.3) is 0 Å². The zero-order valence-corrected chi connectivity index (χ0v) is 11.5. The third-order valence-electron chi connectivity index (χ3n) is 2.48. The van der Waals surface area contributed by atoms with Crippen LogP contribution in [-0.4, -0.2) is 5.78 Å². The van der Waals surface area contributed by atoms with Gasteiger partial charge in [-0.25, -0.2) is 0 Å². The maximum absolute atomic E-state index is 12.0. The van der Waals surface area contributed by atoms with Crippen LogP contribution in [0.3, 0.4) is 0 Å². The molecule has 1 heterocycles. The molecule has 0 fully saturated rings. The first-order chi connectivity index (χ1) is 8.08. The third-order valence-corrected chi connectivity index (χ3v) is 3.44. The normalized spacial score (nSPS) is 10.5. The predicted molar refractivity (Wildman–Crippen MR) is 70.6 cm³/mol. The van der Waals surface area contributed by atoms with Gasteiger partial charge in [-0.05, 0) is 46.1 Å². The van der Waals surface area contributed by atoms with Crippen molar-refractivity contribution < 1.29 is 9.21 Å². The quantitative estimate of drug-likeness (QED) is 0.785. The van der Waals surface area contributed by atoms with Crippen LogP contribution in [0, 0.1) is 6.92 Å². The average molecular weight is 314 g/mol. The van der Waals surface area contributed by atoms with Crippen molar-refractivity contribution in [3.63, 3.8) is 0 Å². The van der Waals surface area contributed by atoms with E-state index in [1.807, 2.05) is 25.1 Å². The second-order valence-corrected chi connectivity index (χ2v) is 4.93. The van der Waals surface area contributed by atoms with E-state index in [1.54, 1.807) is 6.07 Å². The van der Waals surface area contributed by atoms with Crippen LogP contribution in [0.2, 0.25) is 5.02 Å². The zero-order chi connectivity index (χ0) is 12.4. The molecular weight excluding hydrogens is 303 g/mol. The lowest BCUT2D eigenvalue weighted by atomic mass is 10.0. The fraction of sp³-hybridized carbons (Fsp3) is 0.154. The van der Waals surface area contributed by atoms with Gasteiger partial charge >= 0.3 is 0 Å². The highest BCUT2D eigenvalue weighted by Gasteiger charge is 2.14. The second kappa shape index (κ2) is 5.07. The van der Waals surface area contributed by atoms with Gasteiger partial charge in [-0.15, -0.1) is 0 Å². The van der Waals surface area contributed by atoms with Gasteiger partial charge in [0.1, 0.15) is 0 Å². The predicted octanol–water partition coefficient (Wildman–Crippen LogP) is 4.43. The Labute approximate surface area is 113 Å². The summed E-state index contributed by atoms with van der Waals surface area (Å²) in [6.07, 6.45) is 1.76. The Morgan fingerprint density at radius 1 is 1.41 bits per heavy atom. The molecule has 2 aromatic rings. The topological polar surface area (TPSA) is 30.2 Å². The monoisotopic (exact) mass is 312 g/mol. The van der Waals surface area contributed by atoms with E-state index in [1.165, 1.54) is 6.26 Å². The summed E-state index contributed by atoms with van der Waals surface area (Å²) >= 11 is 9.28. The van der Waals surface area contributed by atoms with Crippen LogP contribution in [-0.2, 0) is 6.42 Å². The molecule has 2 rings (SSSR count). The first-order valence-corrected chi connectivity index (χ1v) is 6.26. The smallest absolute Gasteiger partial charge is 0.179 e. The molecule has 4 heteroatoms. The maximum Gasteiger partial charge on any atom is 0.179 e. The second-order valence-electron chi connectivity index (χ2n) is 3.80. The minimum Gasteiger partial charge on any atom is -0.457 e. The molecule has 1 aromatic heterocycles. The fourth-order valence-electron chi connectivity index (χ4n) is 1.56. The largest absolute Gasteiger partial charge is 0.457 e. The molecule has 0 amide bonds. The van der Waals surface area contributed by atoms with Gasteiger partial charge in [-0.3, -0.25) is 4.79 Å².